The fourth-order valence-electron chi connectivity index (χ4n) is 4.39. The minimum Gasteiger partial charge on any atom is -0.494 e. The Hall–Kier alpha value is -3.14. The van der Waals surface area contributed by atoms with Crippen LogP contribution in [0.4, 0.5) is 5.69 Å². The van der Waals surface area contributed by atoms with Gasteiger partial charge in [0.15, 0.2) is 5.16 Å². The van der Waals surface area contributed by atoms with Gasteiger partial charge in [0.05, 0.1) is 35.6 Å². The second kappa shape index (κ2) is 10.3. The lowest BCUT2D eigenvalue weighted by Gasteiger charge is -2.29. The molecule has 7 nitrogen and oxygen atoms in total. The molecule has 192 valence electrons. The SMILES string of the molecule is CCOc1ccc(-n2c(SCC(=O)Nc3ccccc3C)nc3sc4c(c3c2=O)CC(C)(C)OC4)cc1. The number of ether oxygens (including phenoxy) is 2. The highest BCUT2D eigenvalue weighted by Crippen LogP contribution is 2.38. The van der Waals surface area contributed by atoms with Crippen molar-refractivity contribution < 1.29 is 14.3 Å². The highest BCUT2D eigenvalue weighted by Gasteiger charge is 2.31. The van der Waals surface area contributed by atoms with Gasteiger partial charge in [-0.15, -0.1) is 11.3 Å². The van der Waals surface area contributed by atoms with Gasteiger partial charge >= 0.3 is 0 Å². The third kappa shape index (κ3) is 5.30. The van der Waals surface area contributed by atoms with E-state index in [4.69, 9.17) is 14.5 Å². The van der Waals surface area contributed by atoms with Gasteiger partial charge in [0.1, 0.15) is 10.6 Å². The largest absolute Gasteiger partial charge is 0.494 e. The van der Waals surface area contributed by atoms with Gasteiger partial charge in [0.2, 0.25) is 5.91 Å². The number of hydrogen-bond donors (Lipinski definition) is 1. The van der Waals surface area contributed by atoms with Crippen molar-refractivity contribution in [2.45, 2.75) is 51.5 Å². The van der Waals surface area contributed by atoms with Gasteiger partial charge in [0.25, 0.3) is 5.56 Å². The normalized spacial score (nSPS) is 14.4. The molecule has 0 spiro atoms. The first-order chi connectivity index (χ1) is 17.8. The molecule has 0 fully saturated rings. The standard InChI is InChI=1S/C28H29N3O4S2/c1-5-34-19-12-10-18(11-13-19)31-26(33)24-20-14-28(3,4)35-15-22(20)37-25(24)30-27(31)36-16-23(32)29-21-9-7-6-8-17(21)2/h6-13H,5,14-16H2,1-4H3,(H,29,32). The van der Waals surface area contributed by atoms with E-state index in [-0.39, 0.29) is 22.8 Å². The van der Waals surface area contributed by atoms with Crippen molar-refractivity contribution in [3.05, 3.63) is 74.9 Å². The zero-order valence-corrected chi connectivity index (χ0v) is 22.9. The summed E-state index contributed by atoms with van der Waals surface area (Å²) in [6.45, 7) is 8.98. The smallest absolute Gasteiger partial charge is 0.267 e. The second-order valence-corrected chi connectivity index (χ2v) is 11.5. The molecular formula is C28H29N3O4S2. The van der Waals surface area contributed by atoms with Crippen LogP contribution < -0.4 is 15.6 Å². The van der Waals surface area contributed by atoms with Crippen molar-refractivity contribution in [3.8, 4) is 11.4 Å². The van der Waals surface area contributed by atoms with Gasteiger partial charge in [0, 0.05) is 17.0 Å². The lowest BCUT2D eigenvalue weighted by molar-refractivity contribution is -0.113. The molecule has 0 saturated heterocycles. The fraction of sp³-hybridized carbons (Fsp3) is 0.321. The van der Waals surface area contributed by atoms with E-state index in [0.717, 1.165) is 27.4 Å². The molecule has 1 aliphatic heterocycles. The number of nitrogens with zero attached hydrogens (tertiary/aromatic N) is 2. The van der Waals surface area contributed by atoms with Crippen LogP contribution in [0.1, 0.15) is 36.8 Å². The van der Waals surface area contributed by atoms with Crippen molar-refractivity contribution in [3.63, 3.8) is 0 Å². The van der Waals surface area contributed by atoms with Crippen LogP contribution in [0.3, 0.4) is 0 Å². The second-order valence-electron chi connectivity index (χ2n) is 9.52. The summed E-state index contributed by atoms with van der Waals surface area (Å²) in [6, 6.07) is 15.0. The number of para-hydroxylation sites is 1. The highest BCUT2D eigenvalue weighted by molar-refractivity contribution is 7.99. The molecule has 0 aliphatic carbocycles. The molecule has 9 heteroatoms. The topological polar surface area (TPSA) is 82.5 Å². The predicted molar refractivity (Wildman–Crippen MR) is 149 cm³/mol. The fourth-order valence-corrected chi connectivity index (χ4v) is 6.34. The summed E-state index contributed by atoms with van der Waals surface area (Å²) in [4.78, 5) is 33.4. The first-order valence-electron chi connectivity index (χ1n) is 12.2. The van der Waals surface area contributed by atoms with Gasteiger partial charge < -0.3 is 14.8 Å². The maximum atomic E-state index is 14.0. The number of amides is 1. The summed E-state index contributed by atoms with van der Waals surface area (Å²) in [6.07, 6.45) is 0.647. The molecule has 1 N–H and O–H groups in total. The maximum Gasteiger partial charge on any atom is 0.267 e. The molecule has 0 radical (unpaired) electrons. The zero-order valence-electron chi connectivity index (χ0n) is 21.3. The average molecular weight is 536 g/mol. The number of aromatic nitrogens is 2. The molecule has 5 rings (SSSR count). The molecule has 0 saturated carbocycles. The van der Waals surface area contributed by atoms with Crippen molar-refractivity contribution >= 4 is 44.9 Å². The Kier molecular flexibility index (Phi) is 7.11. The number of thioether (sulfide) groups is 1. The van der Waals surface area contributed by atoms with E-state index in [1.54, 1.807) is 4.57 Å². The molecule has 2 aromatic heterocycles. The average Bonchev–Trinajstić information content (AvgIpc) is 3.22. The number of thiophene rings is 1. The Morgan fingerprint density at radius 1 is 1.22 bits per heavy atom. The molecule has 0 atom stereocenters. The van der Waals surface area contributed by atoms with Crippen molar-refractivity contribution in [1.82, 2.24) is 9.55 Å². The van der Waals surface area contributed by atoms with E-state index in [1.165, 1.54) is 23.1 Å². The van der Waals surface area contributed by atoms with Crippen LogP contribution in [0, 0.1) is 6.92 Å². The Morgan fingerprint density at radius 2 is 1.97 bits per heavy atom. The van der Waals surface area contributed by atoms with E-state index < -0.39 is 0 Å². The van der Waals surface area contributed by atoms with E-state index in [9.17, 15) is 9.59 Å². The minimum atomic E-state index is -0.349. The summed E-state index contributed by atoms with van der Waals surface area (Å²) >= 11 is 2.75. The molecule has 0 bridgehead atoms. The molecule has 0 unspecified atom stereocenters. The molecule has 1 amide bonds. The maximum absolute atomic E-state index is 14.0. The van der Waals surface area contributed by atoms with E-state index in [0.29, 0.717) is 40.7 Å². The Bertz CT molecular complexity index is 1520. The summed E-state index contributed by atoms with van der Waals surface area (Å²) < 4.78 is 13.2. The molecule has 1 aliphatic rings. The first-order valence-corrected chi connectivity index (χ1v) is 14.0. The van der Waals surface area contributed by atoms with Crippen LogP contribution in [0.2, 0.25) is 0 Å². The van der Waals surface area contributed by atoms with Crippen molar-refractivity contribution in [2.75, 3.05) is 17.7 Å². The van der Waals surface area contributed by atoms with Crippen molar-refractivity contribution in [1.29, 1.82) is 0 Å². The monoisotopic (exact) mass is 535 g/mol. The van der Waals surface area contributed by atoms with Crippen LogP contribution in [0.25, 0.3) is 15.9 Å². The first kappa shape index (κ1) is 25.5. The Balaban J connectivity index is 1.54. The van der Waals surface area contributed by atoms with Crippen LogP contribution in [0.5, 0.6) is 5.75 Å². The number of fused-ring (bicyclic) bond motifs is 3. The Labute approximate surface area is 223 Å². The van der Waals surface area contributed by atoms with Crippen LogP contribution in [0.15, 0.2) is 58.5 Å². The van der Waals surface area contributed by atoms with Gasteiger partial charge in [-0.2, -0.15) is 0 Å². The molecule has 4 aromatic rings. The number of benzene rings is 2. The van der Waals surface area contributed by atoms with Crippen LogP contribution >= 0.6 is 23.1 Å². The van der Waals surface area contributed by atoms with E-state index in [2.05, 4.69) is 5.32 Å². The van der Waals surface area contributed by atoms with Gasteiger partial charge in [-0.1, -0.05) is 30.0 Å². The van der Waals surface area contributed by atoms with Gasteiger partial charge in [-0.3, -0.25) is 14.2 Å². The number of anilines is 1. The predicted octanol–water partition coefficient (Wildman–Crippen LogP) is 5.74. The molecule has 37 heavy (non-hydrogen) atoms. The lowest BCUT2D eigenvalue weighted by atomic mass is 9.94. The number of rotatable bonds is 7. The third-order valence-electron chi connectivity index (χ3n) is 6.23. The van der Waals surface area contributed by atoms with E-state index in [1.807, 2.05) is 76.2 Å². The number of aryl methyl sites for hydroxylation is 1. The summed E-state index contributed by atoms with van der Waals surface area (Å²) in [5.41, 5.74) is 2.97. The third-order valence-corrected chi connectivity index (χ3v) is 8.27. The van der Waals surface area contributed by atoms with Crippen LogP contribution in [-0.4, -0.2) is 33.4 Å². The Morgan fingerprint density at radius 3 is 2.70 bits per heavy atom. The van der Waals surface area contributed by atoms with E-state index >= 15 is 0 Å². The van der Waals surface area contributed by atoms with Gasteiger partial charge in [-0.05, 0) is 69.2 Å². The van der Waals surface area contributed by atoms with Gasteiger partial charge in [-0.25, -0.2) is 4.98 Å². The highest BCUT2D eigenvalue weighted by atomic mass is 32.2. The van der Waals surface area contributed by atoms with Crippen molar-refractivity contribution in [2.24, 2.45) is 0 Å². The molecular weight excluding hydrogens is 506 g/mol. The number of hydrogen-bond acceptors (Lipinski definition) is 7. The minimum absolute atomic E-state index is 0.116. The van der Waals surface area contributed by atoms with Crippen LogP contribution in [-0.2, 0) is 22.6 Å². The summed E-state index contributed by atoms with van der Waals surface area (Å²) in [5, 5.41) is 4.07. The number of nitrogens with one attached hydrogen (secondary N) is 1. The number of carbonyl (C=O) groups excluding carboxylic acids is 1. The summed E-state index contributed by atoms with van der Waals surface area (Å²) in [7, 11) is 0. The molecule has 2 aromatic carbocycles. The quantitative estimate of drug-likeness (QED) is 0.240. The zero-order chi connectivity index (χ0) is 26.2. The molecule has 3 heterocycles. The summed E-state index contributed by atoms with van der Waals surface area (Å²) in [5.74, 6) is 0.685. The number of carbonyl (C=O) groups is 1. The lowest BCUT2D eigenvalue weighted by Crippen LogP contribution is -2.32.